The van der Waals surface area contributed by atoms with Crippen LogP contribution in [0.5, 0.6) is 11.5 Å². The number of methoxy groups -OCH3 is 2. The van der Waals surface area contributed by atoms with Gasteiger partial charge in [-0.25, -0.2) is 4.68 Å². The highest BCUT2D eigenvalue weighted by atomic mass is 32.2. The van der Waals surface area contributed by atoms with E-state index in [0.717, 1.165) is 33.6 Å². The number of amides is 2. The van der Waals surface area contributed by atoms with Gasteiger partial charge in [-0.15, -0.1) is 11.8 Å². The van der Waals surface area contributed by atoms with Crippen LogP contribution in [-0.4, -0.2) is 53.1 Å². The molecule has 224 valence electrons. The molecule has 0 fully saturated rings. The molecule has 0 radical (unpaired) electrons. The van der Waals surface area contributed by atoms with E-state index >= 15 is 0 Å². The van der Waals surface area contributed by atoms with Crippen molar-refractivity contribution < 1.29 is 19.1 Å². The van der Waals surface area contributed by atoms with Crippen molar-refractivity contribution in [1.82, 2.24) is 20.1 Å². The summed E-state index contributed by atoms with van der Waals surface area (Å²) in [6.45, 7) is 8.57. The van der Waals surface area contributed by atoms with Gasteiger partial charge in [0, 0.05) is 29.9 Å². The van der Waals surface area contributed by atoms with Crippen LogP contribution in [0.25, 0.3) is 5.69 Å². The summed E-state index contributed by atoms with van der Waals surface area (Å²) in [4.78, 5) is 32.9. The number of nitrogens with zero attached hydrogens (tertiary/aromatic N) is 4. The number of thioether (sulfide) groups is 1. The van der Waals surface area contributed by atoms with Crippen LogP contribution in [0.15, 0.2) is 67.0 Å². The molecule has 1 aliphatic heterocycles. The number of rotatable bonds is 8. The van der Waals surface area contributed by atoms with E-state index in [4.69, 9.17) is 14.6 Å². The maximum absolute atomic E-state index is 13.9. The third-order valence-corrected chi connectivity index (χ3v) is 8.55. The highest BCUT2D eigenvalue weighted by molar-refractivity contribution is 8.00. The lowest BCUT2D eigenvalue weighted by atomic mass is 9.87. The first-order chi connectivity index (χ1) is 20.6. The number of hydrogen-bond acceptors (Lipinski definition) is 7. The lowest BCUT2D eigenvalue weighted by Crippen LogP contribution is -2.42. The van der Waals surface area contributed by atoms with Crippen LogP contribution in [0, 0.1) is 6.92 Å². The van der Waals surface area contributed by atoms with E-state index in [1.54, 1.807) is 31.5 Å². The molecule has 1 aliphatic rings. The Kier molecular flexibility index (Phi) is 8.77. The Morgan fingerprint density at radius 2 is 1.79 bits per heavy atom. The highest BCUT2D eigenvalue weighted by Gasteiger charge is 2.40. The molecule has 0 saturated heterocycles. The zero-order valence-electron chi connectivity index (χ0n) is 25.4. The molecule has 0 saturated carbocycles. The van der Waals surface area contributed by atoms with Gasteiger partial charge in [-0.3, -0.25) is 19.5 Å². The topological polar surface area (TPSA) is 98.6 Å². The Hall–Kier alpha value is -4.31. The molecule has 9 nitrogen and oxygen atoms in total. The Bertz CT molecular complexity index is 1630. The molecule has 3 heterocycles. The molecule has 2 aromatic heterocycles. The van der Waals surface area contributed by atoms with Crippen LogP contribution in [0.3, 0.4) is 0 Å². The highest BCUT2D eigenvalue weighted by Crippen LogP contribution is 2.49. The molecule has 4 aromatic rings. The van der Waals surface area contributed by atoms with Gasteiger partial charge >= 0.3 is 0 Å². The summed E-state index contributed by atoms with van der Waals surface area (Å²) in [6, 6.07) is 17.5. The molecule has 0 spiro atoms. The van der Waals surface area contributed by atoms with Crippen LogP contribution in [-0.2, 0) is 21.5 Å². The van der Waals surface area contributed by atoms with Crippen LogP contribution in [0.1, 0.15) is 54.0 Å². The lowest BCUT2D eigenvalue weighted by Gasteiger charge is -2.25. The summed E-state index contributed by atoms with van der Waals surface area (Å²) in [5.74, 6) is 1.59. The van der Waals surface area contributed by atoms with E-state index in [1.807, 2.05) is 66.2 Å². The first kappa shape index (κ1) is 30.2. The zero-order valence-corrected chi connectivity index (χ0v) is 26.2. The van der Waals surface area contributed by atoms with Crippen molar-refractivity contribution >= 4 is 29.4 Å². The van der Waals surface area contributed by atoms with Gasteiger partial charge in [0.05, 0.1) is 36.6 Å². The number of ether oxygens (including phenoxy) is 2. The largest absolute Gasteiger partial charge is 0.493 e. The number of carbonyl (C=O) groups is 2. The number of hydrogen-bond donors (Lipinski definition) is 1. The number of aromatic nitrogens is 3. The number of aryl methyl sites for hydroxylation is 1. The molecule has 0 bridgehead atoms. The minimum atomic E-state index is -0.364. The van der Waals surface area contributed by atoms with Crippen molar-refractivity contribution in [2.45, 2.75) is 44.9 Å². The predicted octanol–water partition coefficient (Wildman–Crippen LogP) is 5.38. The summed E-state index contributed by atoms with van der Waals surface area (Å²) in [5, 5.41) is 7.88. The SMILES string of the molecule is COc1ccc([C@@H]2SCC(=O)N(CC(=O)NCc3ccncc3)c3c2c(C(C)(C)C)nn3-c2cccc(C)c2)cc1OC. The Morgan fingerprint density at radius 1 is 1.05 bits per heavy atom. The Balaban J connectivity index is 1.67. The molecular formula is C33H37N5O4S. The lowest BCUT2D eigenvalue weighted by molar-refractivity contribution is -0.123. The van der Waals surface area contributed by atoms with Crippen molar-refractivity contribution in [3.8, 4) is 17.2 Å². The minimum absolute atomic E-state index is 0.142. The van der Waals surface area contributed by atoms with E-state index in [0.29, 0.717) is 23.9 Å². The van der Waals surface area contributed by atoms with E-state index in [-0.39, 0.29) is 34.8 Å². The second-order valence-corrected chi connectivity index (χ2v) is 12.6. The molecule has 1 atom stereocenters. The van der Waals surface area contributed by atoms with Crippen LogP contribution in [0.2, 0.25) is 0 Å². The van der Waals surface area contributed by atoms with Crippen molar-refractivity contribution in [1.29, 1.82) is 0 Å². The second kappa shape index (κ2) is 12.5. The van der Waals surface area contributed by atoms with E-state index in [2.05, 4.69) is 31.1 Å². The summed E-state index contributed by atoms with van der Waals surface area (Å²) < 4.78 is 13.0. The molecule has 0 aliphatic carbocycles. The molecule has 43 heavy (non-hydrogen) atoms. The van der Waals surface area contributed by atoms with Gasteiger partial charge in [0.15, 0.2) is 11.5 Å². The number of carbonyl (C=O) groups excluding carboxylic acids is 2. The van der Waals surface area contributed by atoms with Gasteiger partial charge in [-0.05, 0) is 60.0 Å². The summed E-state index contributed by atoms with van der Waals surface area (Å²) in [5.41, 5.74) is 5.15. The van der Waals surface area contributed by atoms with Gasteiger partial charge in [-0.2, -0.15) is 5.10 Å². The Morgan fingerprint density at radius 3 is 2.47 bits per heavy atom. The van der Waals surface area contributed by atoms with Crippen LogP contribution in [0.4, 0.5) is 5.82 Å². The van der Waals surface area contributed by atoms with Gasteiger partial charge < -0.3 is 14.8 Å². The van der Waals surface area contributed by atoms with Crippen LogP contribution >= 0.6 is 11.8 Å². The zero-order chi connectivity index (χ0) is 30.7. The van der Waals surface area contributed by atoms with Gasteiger partial charge in [0.25, 0.3) is 0 Å². The molecule has 1 N–H and O–H groups in total. The van der Waals surface area contributed by atoms with Crippen molar-refractivity contribution in [3.63, 3.8) is 0 Å². The molecule has 2 amide bonds. The smallest absolute Gasteiger partial charge is 0.240 e. The predicted molar refractivity (Wildman–Crippen MR) is 169 cm³/mol. The van der Waals surface area contributed by atoms with Gasteiger partial charge in [0.1, 0.15) is 12.4 Å². The van der Waals surface area contributed by atoms with Crippen molar-refractivity contribution in [2.75, 3.05) is 31.4 Å². The maximum atomic E-state index is 13.9. The fourth-order valence-electron chi connectivity index (χ4n) is 5.19. The molecule has 0 unspecified atom stereocenters. The first-order valence-corrected chi connectivity index (χ1v) is 15.2. The van der Waals surface area contributed by atoms with Crippen molar-refractivity contribution in [2.24, 2.45) is 0 Å². The van der Waals surface area contributed by atoms with E-state index in [9.17, 15) is 9.59 Å². The average Bonchev–Trinajstić information content (AvgIpc) is 3.34. The van der Waals surface area contributed by atoms with Crippen molar-refractivity contribution in [3.05, 3.63) is 94.9 Å². The standard InChI is InChI=1S/C33H37N5O4S/c1-21-8-7-9-24(16-21)38-32-29(31(36-38)33(2,3)4)30(23-10-11-25(41-5)26(17-23)42-6)43-20-28(40)37(32)19-27(39)35-18-22-12-14-34-15-13-22/h7-17,30H,18-20H2,1-6H3,(H,35,39)/t30-/m0/s1. The molecular weight excluding hydrogens is 562 g/mol. The third-order valence-electron chi connectivity index (χ3n) is 7.30. The quantitative estimate of drug-likeness (QED) is 0.291. The fraction of sp³-hybridized carbons (Fsp3) is 0.333. The van der Waals surface area contributed by atoms with E-state index in [1.165, 1.54) is 11.8 Å². The average molecular weight is 600 g/mol. The van der Waals surface area contributed by atoms with Crippen LogP contribution < -0.4 is 19.7 Å². The maximum Gasteiger partial charge on any atom is 0.240 e. The number of benzene rings is 2. The number of anilines is 1. The molecule has 10 heteroatoms. The summed E-state index contributed by atoms with van der Waals surface area (Å²) >= 11 is 1.52. The monoisotopic (exact) mass is 599 g/mol. The number of pyridine rings is 1. The summed E-state index contributed by atoms with van der Waals surface area (Å²) in [7, 11) is 3.22. The second-order valence-electron chi connectivity index (χ2n) is 11.5. The fourth-order valence-corrected chi connectivity index (χ4v) is 6.38. The van der Waals surface area contributed by atoms with Gasteiger partial charge in [0.2, 0.25) is 11.8 Å². The normalized spacial score (nSPS) is 15.1. The van der Waals surface area contributed by atoms with E-state index < -0.39 is 0 Å². The number of nitrogens with one attached hydrogen (secondary N) is 1. The molecule has 2 aromatic carbocycles. The summed E-state index contributed by atoms with van der Waals surface area (Å²) in [6.07, 6.45) is 3.37. The number of fused-ring (bicyclic) bond motifs is 1. The molecule has 5 rings (SSSR count). The Labute approximate surface area is 256 Å². The first-order valence-electron chi connectivity index (χ1n) is 14.1. The van der Waals surface area contributed by atoms with Gasteiger partial charge in [-0.1, -0.05) is 39.0 Å². The minimum Gasteiger partial charge on any atom is -0.493 e. The third kappa shape index (κ3) is 6.39.